The Labute approximate surface area is 129 Å². The Balaban J connectivity index is 2.22. The van der Waals surface area contributed by atoms with Gasteiger partial charge in [-0.3, -0.25) is 24.0 Å². The molecule has 2 rings (SSSR count). The van der Waals surface area contributed by atoms with Gasteiger partial charge in [0.25, 0.3) is 11.2 Å². The van der Waals surface area contributed by atoms with Crippen molar-refractivity contribution < 1.29 is 14.5 Å². The Morgan fingerprint density at radius 2 is 1.87 bits per heavy atom. The fourth-order valence-corrected chi connectivity index (χ4v) is 1.98. The van der Waals surface area contributed by atoms with Gasteiger partial charge in [-0.15, -0.1) is 0 Å². The quantitative estimate of drug-likeness (QED) is 0.433. The molecule has 0 saturated carbocycles. The number of hydrogen-bond acceptors (Lipinski definition) is 6. The zero-order chi connectivity index (χ0) is 17.3. The smallest absolute Gasteiger partial charge is 0.355 e. The van der Waals surface area contributed by atoms with Crippen LogP contribution in [0.25, 0.3) is 0 Å². The molecule has 0 saturated heterocycles. The average Bonchev–Trinajstić information content (AvgIpc) is 2.89. The predicted octanol–water partition coefficient (Wildman–Crippen LogP) is -0.312. The van der Waals surface area contributed by atoms with E-state index in [9.17, 15) is 24.5 Å². The second-order valence-electron chi connectivity index (χ2n) is 4.90. The largest absolute Gasteiger partial charge is 0.455 e. The highest BCUT2D eigenvalue weighted by Gasteiger charge is 2.19. The van der Waals surface area contributed by atoms with Crippen LogP contribution in [0.2, 0.25) is 0 Å². The first-order valence-electron chi connectivity index (χ1n) is 6.46. The zero-order valence-corrected chi connectivity index (χ0v) is 12.7. The number of aryl methyl sites for hydroxylation is 1. The highest BCUT2D eigenvalue weighted by atomic mass is 16.6. The number of nitrogens with zero attached hydrogens (tertiary/aromatic N) is 4. The summed E-state index contributed by atoms with van der Waals surface area (Å²) in [4.78, 5) is 45.4. The maximum absolute atomic E-state index is 12.0. The van der Waals surface area contributed by atoms with E-state index in [-0.39, 0.29) is 23.7 Å². The topological polar surface area (TPSA) is 118 Å². The Bertz CT molecular complexity index is 904. The first-order valence-corrected chi connectivity index (χ1v) is 6.46. The fraction of sp³-hybridized carbons (Fsp3) is 0.308. The number of rotatable bonds is 4. The van der Waals surface area contributed by atoms with E-state index >= 15 is 0 Å². The molecule has 23 heavy (non-hydrogen) atoms. The molecule has 2 aromatic heterocycles. The minimum atomic E-state index is -0.797. The van der Waals surface area contributed by atoms with Crippen LogP contribution in [0.1, 0.15) is 16.2 Å². The van der Waals surface area contributed by atoms with Gasteiger partial charge in [0.05, 0.1) is 16.8 Å². The SMILES string of the molecule is Cn1cc([N+](=O)[O-])cc1C(=O)OCc1cc(=O)n(C)c(=O)n1C. The summed E-state index contributed by atoms with van der Waals surface area (Å²) in [5, 5.41) is 10.7. The van der Waals surface area contributed by atoms with Crippen LogP contribution in [0.4, 0.5) is 5.69 Å². The molecule has 0 aliphatic carbocycles. The molecule has 0 aromatic carbocycles. The van der Waals surface area contributed by atoms with Crippen LogP contribution in [-0.2, 0) is 32.5 Å². The molecule has 0 unspecified atom stereocenters. The number of hydrogen-bond donors (Lipinski definition) is 0. The van der Waals surface area contributed by atoms with Crippen molar-refractivity contribution in [2.24, 2.45) is 21.1 Å². The first kappa shape index (κ1) is 16.2. The van der Waals surface area contributed by atoms with Crippen molar-refractivity contribution in [2.45, 2.75) is 6.61 Å². The second-order valence-corrected chi connectivity index (χ2v) is 4.90. The van der Waals surface area contributed by atoms with E-state index in [4.69, 9.17) is 4.74 Å². The molecule has 10 heteroatoms. The van der Waals surface area contributed by atoms with Gasteiger partial charge in [0.15, 0.2) is 0 Å². The summed E-state index contributed by atoms with van der Waals surface area (Å²) < 4.78 is 8.40. The number of esters is 1. The van der Waals surface area contributed by atoms with Crippen molar-refractivity contribution in [2.75, 3.05) is 0 Å². The maximum atomic E-state index is 12.0. The van der Waals surface area contributed by atoms with E-state index in [0.29, 0.717) is 0 Å². The molecule has 122 valence electrons. The number of carbonyl (C=O) groups is 1. The van der Waals surface area contributed by atoms with Crippen LogP contribution in [0.5, 0.6) is 0 Å². The van der Waals surface area contributed by atoms with E-state index in [1.165, 1.54) is 42.5 Å². The first-order chi connectivity index (χ1) is 10.7. The average molecular weight is 322 g/mol. The van der Waals surface area contributed by atoms with Crippen LogP contribution < -0.4 is 11.2 Å². The summed E-state index contributed by atoms with van der Waals surface area (Å²) in [6, 6.07) is 2.27. The number of carbonyl (C=O) groups excluding carboxylic acids is 1. The third kappa shape index (κ3) is 3.05. The lowest BCUT2D eigenvalue weighted by atomic mass is 10.4. The molecule has 0 atom stereocenters. The predicted molar refractivity (Wildman–Crippen MR) is 78.1 cm³/mol. The molecule has 0 aliphatic rings. The molecular formula is C13H14N4O6. The van der Waals surface area contributed by atoms with Crippen molar-refractivity contribution in [3.05, 3.63) is 60.7 Å². The molecule has 0 bridgehead atoms. The lowest BCUT2D eigenvalue weighted by Crippen LogP contribution is -2.38. The Kier molecular flexibility index (Phi) is 4.16. The van der Waals surface area contributed by atoms with Gasteiger partial charge in [0.1, 0.15) is 12.3 Å². The van der Waals surface area contributed by atoms with Gasteiger partial charge in [-0.1, -0.05) is 0 Å². The van der Waals surface area contributed by atoms with Crippen LogP contribution in [0.3, 0.4) is 0 Å². The highest BCUT2D eigenvalue weighted by Crippen LogP contribution is 2.16. The second kappa shape index (κ2) is 5.91. The lowest BCUT2D eigenvalue weighted by molar-refractivity contribution is -0.384. The Hall–Kier alpha value is -3.17. The molecule has 0 N–H and O–H groups in total. The fourth-order valence-electron chi connectivity index (χ4n) is 1.98. The minimum Gasteiger partial charge on any atom is -0.455 e. The molecule has 2 heterocycles. The summed E-state index contributed by atoms with van der Waals surface area (Å²) in [6.07, 6.45) is 1.19. The van der Waals surface area contributed by atoms with E-state index in [1.54, 1.807) is 0 Å². The van der Waals surface area contributed by atoms with Crippen molar-refractivity contribution in [1.29, 1.82) is 0 Å². The highest BCUT2D eigenvalue weighted by molar-refractivity contribution is 5.88. The Morgan fingerprint density at radius 3 is 2.43 bits per heavy atom. The zero-order valence-electron chi connectivity index (χ0n) is 12.7. The summed E-state index contributed by atoms with van der Waals surface area (Å²) in [7, 11) is 4.25. The van der Waals surface area contributed by atoms with Crippen LogP contribution in [-0.4, -0.2) is 24.6 Å². The standard InChI is InChI=1S/C13H14N4O6/c1-14-6-8(17(21)22)4-10(14)12(19)23-7-9-5-11(18)16(3)13(20)15(9)2/h4-6H,7H2,1-3H3. The van der Waals surface area contributed by atoms with E-state index in [0.717, 1.165) is 10.6 Å². The molecule has 0 aliphatic heterocycles. The number of ether oxygens (including phenoxy) is 1. The van der Waals surface area contributed by atoms with Gasteiger partial charge in [-0.05, 0) is 0 Å². The van der Waals surface area contributed by atoms with Crippen molar-refractivity contribution >= 4 is 11.7 Å². The maximum Gasteiger partial charge on any atom is 0.355 e. The molecule has 0 fully saturated rings. The van der Waals surface area contributed by atoms with E-state index in [2.05, 4.69) is 0 Å². The summed E-state index contributed by atoms with van der Waals surface area (Å²) in [5.41, 5.74) is -1.09. The van der Waals surface area contributed by atoms with Gasteiger partial charge in [0, 0.05) is 33.3 Å². The summed E-state index contributed by atoms with van der Waals surface area (Å²) >= 11 is 0. The monoisotopic (exact) mass is 322 g/mol. The minimum absolute atomic E-state index is 0.00877. The molecule has 2 aromatic rings. The van der Waals surface area contributed by atoms with Gasteiger partial charge in [0.2, 0.25) is 0 Å². The number of nitro groups is 1. The van der Waals surface area contributed by atoms with Crippen LogP contribution >= 0.6 is 0 Å². The summed E-state index contributed by atoms with van der Waals surface area (Å²) in [6.45, 7) is -0.306. The van der Waals surface area contributed by atoms with Gasteiger partial charge >= 0.3 is 11.7 Å². The van der Waals surface area contributed by atoms with Crippen LogP contribution in [0, 0.1) is 10.1 Å². The molecular weight excluding hydrogens is 308 g/mol. The molecule has 0 radical (unpaired) electrons. The normalized spacial score (nSPS) is 10.6. The molecule has 0 amide bonds. The van der Waals surface area contributed by atoms with Gasteiger partial charge in [-0.2, -0.15) is 0 Å². The third-order valence-corrected chi connectivity index (χ3v) is 3.39. The lowest BCUT2D eigenvalue weighted by Gasteiger charge is -2.10. The van der Waals surface area contributed by atoms with E-state index in [1.807, 2.05) is 0 Å². The third-order valence-electron chi connectivity index (χ3n) is 3.39. The number of aromatic nitrogens is 3. The van der Waals surface area contributed by atoms with Gasteiger partial charge in [-0.25, -0.2) is 9.59 Å². The molecule has 10 nitrogen and oxygen atoms in total. The van der Waals surface area contributed by atoms with Crippen LogP contribution in [0.15, 0.2) is 27.9 Å². The summed E-state index contributed by atoms with van der Waals surface area (Å²) in [5.74, 6) is -0.797. The van der Waals surface area contributed by atoms with Crippen molar-refractivity contribution in [1.82, 2.24) is 13.7 Å². The van der Waals surface area contributed by atoms with Crippen molar-refractivity contribution in [3.8, 4) is 0 Å². The van der Waals surface area contributed by atoms with Gasteiger partial charge < -0.3 is 9.30 Å². The van der Waals surface area contributed by atoms with Crippen molar-refractivity contribution in [3.63, 3.8) is 0 Å². The van der Waals surface area contributed by atoms with E-state index < -0.39 is 22.1 Å². The Morgan fingerprint density at radius 1 is 1.22 bits per heavy atom. The molecule has 0 spiro atoms.